The molecule has 21 heavy (non-hydrogen) atoms. The molecule has 0 aliphatic rings. The highest BCUT2D eigenvalue weighted by molar-refractivity contribution is 5.87. The minimum atomic E-state index is 0.180. The Kier molecular flexibility index (Phi) is 5.63. The van der Waals surface area contributed by atoms with E-state index in [1.165, 1.54) is 16.3 Å². The summed E-state index contributed by atoms with van der Waals surface area (Å²) in [6, 6.07) is 12.9. The van der Waals surface area contributed by atoms with Crippen molar-refractivity contribution in [2.45, 2.75) is 58.6 Å². The van der Waals surface area contributed by atoms with Crippen molar-refractivity contribution in [2.24, 2.45) is 5.73 Å². The monoisotopic (exact) mass is 285 g/mol. The number of hydrogen-bond donors (Lipinski definition) is 1. The van der Waals surface area contributed by atoms with Gasteiger partial charge in [-0.2, -0.15) is 0 Å². The molecule has 2 N–H and O–H groups in total. The van der Waals surface area contributed by atoms with Gasteiger partial charge in [-0.25, -0.2) is 0 Å². The Hall–Kier alpha value is -1.54. The zero-order chi connectivity index (χ0) is 15.2. The Morgan fingerprint density at radius 3 is 2.57 bits per heavy atom. The van der Waals surface area contributed by atoms with E-state index in [0.29, 0.717) is 0 Å². The molecule has 0 fully saturated rings. The second-order valence-corrected chi connectivity index (χ2v) is 5.85. The van der Waals surface area contributed by atoms with Crippen molar-refractivity contribution >= 4 is 10.8 Å². The predicted molar refractivity (Wildman–Crippen MR) is 90.9 cm³/mol. The largest absolute Gasteiger partial charge is 0.490 e. The lowest BCUT2D eigenvalue weighted by molar-refractivity contribution is 0.208. The molecule has 2 nitrogen and oxygen atoms in total. The first-order valence-electron chi connectivity index (χ1n) is 8.08. The molecular weight excluding hydrogens is 258 g/mol. The number of ether oxygens (including phenoxy) is 1. The average molecular weight is 285 g/mol. The maximum Gasteiger partial charge on any atom is 0.123 e. The van der Waals surface area contributed by atoms with Gasteiger partial charge in [-0.1, -0.05) is 50.6 Å². The zero-order valence-electron chi connectivity index (χ0n) is 13.4. The van der Waals surface area contributed by atoms with Gasteiger partial charge in [0.25, 0.3) is 0 Å². The fourth-order valence-corrected chi connectivity index (χ4v) is 2.73. The second kappa shape index (κ2) is 7.46. The average Bonchev–Trinajstić information content (AvgIpc) is 2.49. The fourth-order valence-electron chi connectivity index (χ4n) is 2.73. The summed E-state index contributed by atoms with van der Waals surface area (Å²) >= 11 is 0. The van der Waals surface area contributed by atoms with Crippen LogP contribution in [0.3, 0.4) is 0 Å². The molecular formula is C19H27NO. The molecule has 0 saturated heterocycles. The number of hydrogen-bond acceptors (Lipinski definition) is 2. The Balaban J connectivity index is 2.40. The molecule has 114 valence electrons. The van der Waals surface area contributed by atoms with Gasteiger partial charge in [-0.3, -0.25) is 0 Å². The Morgan fingerprint density at radius 1 is 1.10 bits per heavy atom. The molecule has 0 saturated carbocycles. The van der Waals surface area contributed by atoms with Crippen molar-refractivity contribution in [3.63, 3.8) is 0 Å². The van der Waals surface area contributed by atoms with Crippen LogP contribution in [0.1, 0.15) is 45.6 Å². The summed E-state index contributed by atoms with van der Waals surface area (Å²) in [6.07, 6.45) is 4.30. The smallest absolute Gasteiger partial charge is 0.123 e. The van der Waals surface area contributed by atoms with Crippen molar-refractivity contribution in [1.29, 1.82) is 0 Å². The van der Waals surface area contributed by atoms with Crippen LogP contribution < -0.4 is 10.5 Å². The molecule has 0 bridgehead atoms. The first-order chi connectivity index (χ1) is 10.2. The molecule has 0 heterocycles. The molecule has 2 heteroatoms. The quantitative estimate of drug-likeness (QED) is 0.801. The molecule has 0 amide bonds. The van der Waals surface area contributed by atoms with Gasteiger partial charge in [-0.15, -0.1) is 0 Å². The van der Waals surface area contributed by atoms with Crippen LogP contribution in [0.25, 0.3) is 10.8 Å². The van der Waals surface area contributed by atoms with Crippen LogP contribution in [0.4, 0.5) is 0 Å². The summed E-state index contributed by atoms with van der Waals surface area (Å²) in [5, 5.41) is 2.52. The van der Waals surface area contributed by atoms with E-state index in [2.05, 4.69) is 57.2 Å². The zero-order valence-corrected chi connectivity index (χ0v) is 13.4. The van der Waals surface area contributed by atoms with E-state index < -0.39 is 0 Å². The van der Waals surface area contributed by atoms with Gasteiger partial charge in [0, 0.05) is 11.6 Å². The third-order valence-corrected chi connectivity index (χ3v) is 4.01. The Bertz CT molecular complexity index is 579. The number of nitrogens with two attached hydrogens (primary N) is 1. The van der Waals surface area contributed by atoms with Gasteiger partial charge in [0.1, 0.15) is 5.75 Å². The molecule has 2 aromatic carbocycles. The molecule has 2 unspecified atom stereocenters. The van der Waals surface area contributed by atoms with E-state index in [-0.39, 0.29) is 12.1 Å². The van der Waals surface area contributed by atoms with Crippen molar-refractivity contribution < 1.29 is 4.74 Å². The highest BCUT2D eigenvalue weighted by Gasteiger charge is 2.14. The van der Waals surface area contributed by atoms with E-state index in [1.807, 2.05) is 0 Å². The molecule has 0 aromatic heterocycles. The summed E-state index contributed by atoms with van der Waals surface area (Å²) in [6.45, 7) is 6.46. The summed E-state index contributed by atoms with van der Waals surface area (Å²) in [5.74, 6) is 0.999. The van der Waals surface area contributed by atoms with Crippen LogP contribution in [0.2, 0.25) is 0 Å². The standard InChI is InChI=1S/C19H27NO/c1-4-8-14(3)21-19-12-11-15-9-6-7-10-17(15)18(19)13-16(20)5-2/h6-7,9-12,14,16H,4-5,8,13,20H2,1-3H3. The van der Waals surface area contributed by atoms with Gasteiger partial charge in [0.05, 0.1) is 6.10 Å². The van der Waals surface area contributed by atoms with E-state index in [9.17, 15) is 0 Å². The van der Waals surface area contributed by atoms with Gasteiger partial charge in [-0.05, 0) is 43.0 Å². The van der Waals surface area contributed by atoms with Crippen LogP contribution in [-0.2, 0) is 6.42 Å². The highest BCUT2D eigenvalue weighted by Crippen LogP contribution is 2.30. The predicted octanol–water partition coefficient (Wildman–Crippen LogP) is 4.69. The minimum Gasteiger partial charge on any atom is -0.490 e. The summed E-state index contributed by atoms with van der Waals surface area (Å²) in [5.41, 5.74) is 7.45. The van der Waals surface area contributed by atoms with Gasteiger partial charge in [0.15, 0.2) is 0 Å². The lowest BCUT2D eigenvalue weighted by atomic mass is 9.97. The molecule has 2 rings (SSSR count). The molecule has 2 atom stereocenters. The van der Waals surface area contributed by atoms with Crippen LogP contribution in [0.15, 0.2) is 36.4 Å². The van der Waals surface area contributed by atoms with Gasteiger partial charge < -0.3 is 10.5 Å². The number of benzene rings is 2. The second-order valence-electron chi connectivity index (χ2n) is 5.85. The van der Waals surface area contributed by atoms with Crippen molar-refractivity contribution in [2.75, 3.05) is 0 Å². The normalized spacial score (nSPS) is 14.1. The summed E-state index contributed by atoms with van der Waals surface area (Å²) in [4.78, 5) is 0. The molecule has 0 spiro atoms. The van der Waals surface area contributed by atoms with E-state index in [0.717, 1.165) is 31.4 Å². The maximum atomic E-state index is 6.20. The number of fused-ring (bicyclic) bond motifs is 1. The summed E-state index contributed by atoms with van der Waals surface area (Å²) < 4.78 is 6.18. The fraction of sp³-hybridized carbons (Fsp3) is 0.474. The lowest BCUT2D eigenvalue weighted by Crippen LogP contribution is -2.22. The van der Waals surface area contributed by atoms with Crippen LogP contribution in [0, 0.1) is 0 Å². The first-order valence-corrected chi connectivity index (χ1v) is 8.08. The van der Waals surface area contributed by atoms with Crippen molar-refractivity contribution in [3.8, 4) is 5.75 Å². The van der Waals surface area contributed by atoms with E-state index >= 15 is 0 Å². The SMILES string of the molecule is CCCC(C)Oc1ccc2ccccc2c1CC(N)CC. The lowest BCUT2D eigenvalue weighted by Gasteiger charge is -2.20. The number of rotatable bonds is 7. The Labute approximate surface area is 128 Å². The first kappa shape index (κ1) is 15.8. The molecule has 0 aliphatic carbocycles. The molecule has 0 aliphatic heterocycles. The van der Waals surface area contributed by atoms with Crippen molar-refractivity contribution in [1.82, 2.24) is 0 Å². The third kappa shape index (κ3) is 3.98. The topological polar surface area (TPSA) is 35.2 Å². The van der Waals surface area contributed by atoms with Crippen LogP contribution in [0.5, 0.6) is 5.75 Å². The minimum absolute atomic E-state index is 0.180. The van der Waals surface area contributed by atoms with Gasteiger partial charge in [0.2, 0.25) is 0 Å². The summed E-state index contributed by atoms with van der Waals surface area (Å²) in [7, 11) is 0. The Morgan fingerprint density at radius 2 is 1.86 bits per heavy atom. The van der Waals surface area contributed by atoms with Crippen molar-refractivity contribution in [3.05, 3.63) is 42.0 Å². The van der Waals surface area contributed by atoms with Gasteiger partial charge >= 0.3 is 0 Å². The highest BCUT2D eigenvalue weighted by atomic mass is 16.5. The van der Waals surface area contributed by atoms with E-state index in [1.54, 1.807) is 0 Å². The molecule has 2 aromatic rings. The maximum absolute atomic E-state index is 6.20. The third-order valence-electron chi connectivity index (χ3n) is 4.01. The van der Waals surface area contributed by atoms with Crippen LogP contribution in [-0.4, -0.2) is 12.1 Å². The van der Waals surface area contributed by atoms with E-state index in [4.69, 9.17) is 10.5 Å². The molecule has 0 radical (unpaired) electrons. The van der Waals surface area contributed by atoms with Crippen LogP contribution >= 0.6 is 0 Å².